The molecule has 0 aromatic heterocycles. The van der Waals surface area contributed by atoms with Crippen LogP contribution in [0.4, 0.5) is 4.39 Å². The summed E-state index contributed by atoms with van der Waals surface area (Å²) in [6.07, 6.45) is -0.603. The van der Waals surface area contributed by atoms with Crippen molar-refractivity contribution < 1.29 is 14.2 Å². The first-order valence-electron chi connectivity index (χ1n) is 6.59. The molecule has 2 N–H and O–H groups in total. The predicted octanol–water partition coefficient (Wildman–Crippen LogP) is 2.65. The first kappa shape index (κ1) is 16.1. The highest BCUT2D eigenvalue weighted by Crippen LogP contribution is 2.16. The van der Waals surface area contributed by atoms with Gasteiger partial charge in [-0.25, -0.2) is 4.39 Å². The van der Waals surface area contributed by atoms with E-state index < -0.39 is 6.10 Å². The van der Waals surface area contributed by atoms with E-state index in [1.54, 1.807) is 18.2 Å². The van der Waals surface area contributed by atoms with E-state index >= 15 is 0 Å². The van der Waals surface area contributed by atoms with Gasteiger partial charge in [-0.3, -0.25) is 0 Å². The number of benzene rings is 1. The van der Waals surface area contributed by atoms with Crippen molar-refractivity contribution in [3.8, 4) is 0 Å². The smallest absolute Gasteiger partial charge is 0.127 e. The zero-order valence-electron chi connectivity index (χ0n) is 12.1. The third-order valence-corrected chi connectivity index (χ3v) is 2.74. The quantitative estimate of drug-likeness (QED) is 0.834. The minimum absolute atomic E-state index is 0.148. The van der Waals surface area contributed by atoms with Crippen LogP contribution in [-0.4, -0.2) is 30.0 Å². The summed E-state index contributed by atoms with van der Waals surface area (Å²) in [6.45, 7) is 8.32. The standard InChI is InChI=1S/C15H24FNO2/c1-11(13-7-5-6-8-14(13)16)17-9-12(18)10-19-15(2,3)4/h5-8,11-12,17-18H,9-10H2,1-4H3. The molecule has 0 fully saturated rings. The maximum atomic E-state index is 13.5. The number of hydrogen-bond donors (Lipinski definition) is 2. The van der Waals surface area contributed by atoms with Crippen molar-refractivity contribution >= 4 is 0 Å². The van der Waals surface area contributed by atoms with Gasteiger partial charge >= 0.3 is 0 Å². The lowest BCUT2D eigenvalue weighted by Crippen LogP contribution is -2.35. The second-order valence-electron chi connectivity index (χ2n) is 5.73. The zero-order valence-corrected chi connectivity index (χ0v) is 12.1. The number of ether oxygens (including phenoxy) is 1. The van der Waals surface area contributed by atoms with Gasteiger partial charge in [0, 0.05) is 18.2 Å². The Morgan fingerprint density at radius 1 is 1.32 bits per heavy atom. The fourth-order valence-electron chi connectivity index (χ4n) is 1.65. The SMILES string of the molecule is CC(NCC(O)COC(C)(C)C)c1ccccc1F. The van der Waals surface area contributed by atoms with E-state index in [2.05, 4.69) is 5.32 Å². The molecule has 0 aliphatic heterocycles. The van der Waals surface area contributed by atoms with Gasteiger partial charge in [0.1, 0.15) is 5.82 Å². The lowest BCUT2D eigenvalue weighted by atomic mass is 10.1. The molecule has 2 unspecified atom stereocenters. The summed E-state index contributed by atoms with van der Waals surface area (Å²) in [5.74, 6) is -0.233. The van der Waals surface area contributed by atoms with Crippen molar-refractivity contribution in [1.29, 1.82) is 0 Å². The van der Waals surface area contributed by atoms with Gasteiger partial charge in [-0.15, -0.1) is 0 Å². The average Bonchev–Trinajstić information content (AvgIpc) is 2.33. The van der Waals surface area contributed by atoms with Gasteiger partial charge < -0.3 is 15.2 Å². The average molecular weight is 269 g/mol. The molecule has 0 amide bonds. The van der Waals surface area contributed by atoms with Gasteiger partial charge in [0.25, 0.3) is 0 Å². The van der Waals surface area contributed by atoms with Crippen LogP contribution in [0.25, 0.3) is 0 Å². The molecule has 0 aliphatic rings. The molecule has 2 atom stereocenters. The number of aliphatic hydroxyl groups excluding tert-OH is 1. The van der Waals surface area contributed by atoms with Crippen LogP contribution in [0.1, 0.15) is 39.3 Å². The third-order valence-electron chi connectivity index (χ3n) is 2.74. The van der Waals surface area contributed by atoms with Crippen molar-refractivity contribution in [3.05, 3.63) is 35.6 Å². The summed E-state index contributed by atoms with van der Waals surface area (Å²) in [5.41, 5.74) is 0.337. The number of hydrogen-bond acceptors (Lipinski definition) is 3. The Balaban J connectivity index is 2.38. The highest BCUT2D eigenvalue weighted by Gasteiger charge is 2.15. The Morgan fingerprint density at radius 2 is 1.95 bits per heavy atom. The van der Waals surface area contributed by atoms with Gasteiger partial charge in [0.2, 0.25) is 0 Å². The number of rotatable bonds is 6. The lowest BCUT2D eigenvalue weighted by molar-refractivity contribution is -0.0483. The number of aliphatic hydroxyl groups is 1. The summed E-state index contributed by atoms with van der Waals surface area (Å²) in [6, 6.07) is 6.50. The molecular weight excluding hydrogens is 245 g/mol. The van der Waals surface area contributed by atoms with E-state index in [4.69, 9.17) is 4.74 Å². The summed E-state index contributed by atoms with van der Waals surface area (Å²) >= 11 is 0. The maximum absolute atomic E-state index is 13.5. The van der Waals surface area contributed by atoms with Crippen molar-refractivity contribution in [3.63, 3.8) is 0 Å². The molecule has 1 aromatic rings. The molecule has 3 nitrogen and oxygen atoms in total. The molecule has 0 aliphatic carbocycles. The molecule has 1 aromatic carbocycles. The van der Waals surface area contributed by atoms with E-state index in [9.17, 15) is 9.50 Å². The molecule has 108 valence electrons. The van der Waals surface area contributed by atoms with Crippen LogP contribution in [0, 0.1) is 5.82 Å². The second kappa shape index (κ2) is 6.98. The summed E-state index contributed by atoms with van der Waals surface area (Å²) in [7, 11) is 0. The zero-order chi connectivity index (χ0) is 14.5. The summed E-state index contributed by atoms with van der Waals surface area (Å²) < 4.78 is 19.0. The molecule has 0 saturated carbocycles. The second-order valence-corrected chi connectivity index (χ2v) is 5.73. The Bertz CT molecular complexity index is 390. The molecule has 1 rings (SSSR count). The van der Waals surface area contributed by atoms with Crippen LogP contribution in [0.5, 0.6) is 0 Å². The highest BCUT2D eigenvalue weighted by atomic mass is 19.1. The Hall–Kier alpha value is -0.970. The topological polar surface area (TPSA) is 41.5 Å². The largest absolute Gasteiger partial charge is 0.389 e. The third kappa shape index (κ3) is 6.14. The molecule has 0 heterocycles. The van der Waals surface area contributed by atoms with Gasteiger partial charge in [-0.05, 0) is 33.8 Å². The van der Waals surface area contributed by atoms with E-state index in [-0.39, 0.29) is 24.1 Å². The van der Waals surface area contributed by atoms with Gasteiger partial charge in [0.15, 0.2) is 0 Å². The lowest BCUT2D eigenvalue weighted by Gasteiger charge is -2.23. The van der Waals surface area contributed by atoms with Crippen LogP contribution in [0.2, 0.25) is 0 Å². The van der Waals surface area contributed by atoms with Crippen molar-refractivity contribution in [2.24, 2.45) is 0 Å². The van der Waals surface area contributed by atoms with E-state index in [0.717, 1.165) is 0 Å². The first-order valence-corrected chi connectivity index (χ1v) is 6.59. The van der Waals surface area contributed by atoms with Crippen molar-refractivity contribution in [2.75, 3.05) is 13.2 Å². The first-order chi connectivity index (χ1) is 8.79. The summed E-state index contributed by atoms with van der Waals surface area (Å²) in [4.78, 5) is 0. The Morgan fingerprint density at radius 3 is 2.53 bits per heavy atom. The molecular formula is C15H24FNO2. The van der Waals surface area contributed by atoms with Crippen LogP contribution < -0.4 is 5.32 Å². The van der Waals surface area contributed by atoms with Gasteiger partial charge in [-0.1, -0.05) is 18.2 Å². The van der Waals surface area contributed by atoms with Crippen molar-refractivity contribution in [2.45, 2.75) is 45.4 Å². The minimum Gasteiger partial charge on any atom is -0.389 e. The predicted molar refractivity (Wildman–Crippen MR) is 74.5 cm³/mol. The number of nitrogens with one attached hydrogen (secondary N) is 1. The maximum Gasteiger partial charge on any atom is 0.127 e. The Labute approximate surface area is 114 Å². The van der Waals surface area contributed by atoms with Gasteiger partial charge in [0.05, 0.1) is 18.3 Å². The highest BCUT2D eigenvalue weighted by molar-refractivity contribution is 5.20. The van der Waals surface area contributed by atoms with E-state index in [1.165, 1.54) is 6.07 Å². The normalized spacial score (nSPS) is 15.3. The molecule has 0 saturated heterocycles. The van der Waals surface area contributed by atoms with E-state index in [0.29, 0.717) is 12.1 Å². The fourth-order valence-corrected chi connectivity index (χ4v) is 1.65. The van der Waals surface area contributed by atoms with Crippen LogP contribution in [-0.2, 0) is 4.74 Å². The van der Waals surface area contributed by atoms with Crippen LogP contribution >= 0.6 is 0 Å². The molecule has 4 heteroatoms. The monoisotopic (exact) mass is 269 g/mol. The van der Waals surface area contributed by atoms with E-state index in [1.807, 2.05) is 27.7 Å². The van der Waals surface area contributed by atoms with Crippen LogP contribution in [0.3, 0.4) is 0 Å². The number of halogens is 1. The summed E-state index contributed by atoms with van der Waals surface area (Å²) in [5, 5.41) is 12.9. The van der Waals surface area contributed by atoms with Crippen molar-refractivity contribution in [1.82, 2.24) is 5.32 Å². The molecule has 0 bridgehead atoms. The van der Waals surface area contributed by atoms with Gasteiger partial charge in [-0.2, -0.15) is 0 Å². The minimum atomic E-state index is -0.603. The molecule has 0 radical (unpaired) electrons. The molecule has 0 spiro atoms. The fraction of sp³-hybridized carbons (Fsp3) is 0.600. The Kier molecular flexibility index (Phi) is 5.91. The molecule has 19 heavy (non-hydrogen) atoms. The van der Waals surface area contributed by atoms with Crippen LogP contribution in [0.15, 0.2) is 24.3 Å².